The highest BCUT2D eigenvalue weighted by molar-refractivity contribution is 5.77. The summed E-state index contributed by atoms with van der Waals surface area (Å²) in [7, 11) is 0. The maximum atomic E-state index is 8.94. The van der Waals surface area contributed by atoms with Crippen LogP contribution in [-0.4, -0.2) is 16.6 Å². The summed E-state index contributed by atoms with van der Waals surface area (Å²) >= 11 is 0. The molecule has 1 aromatic heterocycles. The Bertz CT molecular complexity index is 844. The van der Waals surface area contributed by atoms with Gasteiger partial charge in [-0.1, -0.05) is 18.2 Å². The van der Waals surface area contributed by atoms with Crippen molar-refractivity contribution in [1.29, 1.82) is 5.26 Å². The van der Waals surface area contributed by atoms with Crippen LogP contribution in [0.2, 0.25) is 0 Å². The molecule has 1 atom stereocenters. The number of hydrogen-bond acceptors (Lipinski definition) is 3. The fourth-order valence-electron chi connectivity index (χ4n) is 2.65. The number of rotatable bonds is 1. The molecule has 0 fully saturated rings. The van der Waals surface area contributed by atoms with Crippen molar-refractivity contribution < 1.29 is 4.74 Å². The van der Waals surface area contributed by atoms with Crippen molar-refractivity contribution in [3.63, 3.8) is 0 Å². The van der Waals surface area contributed by atoms with Crippen LogP contribution < -0.4 is 4.74 Å². The standard InChI is InChI=1S/C16H11N3O/c17-8-10-5-6-13-14(7-10)19-16(18-13)12-9-20-15-4-2-1-3-11(12)15/h1-7,12H,9H2,(H,18,19). The lowest BCUT2D eigenvalue weighted by Gasteiger charge is -2.03. The molecule has 0 bridgehead atoms. The first kappa shape index (κ1) is 11.1. The summed E-state index contributed by atoms with van der Waals surface area (Å²) in [5.41, 5.74) is 3.56. The molecule has 4 heteroatoms. The van der Waals surface area contributed by atoms with Crippen LogP contribution in [0.3, 0.4) is 0 Å². The number of para-hydroxylation sites is 1. The van der Waals surface area contributed by atoms with Gasteiger partial charge < -0.3 is 9.72 Å². The normalized spacial score (nSPS) is 16.6. The van der Waals surface area contributed by atoms with Gasteiger partial charge in [-0.2, -0.15) is 5.26 Å². The molecule has 4 rings (SSSR count). The lowest BCUT2D eigenvalue weighted by molar-refractivity contribution is 0.340. The number of aromatic nitrogens is 2. The van der Waals surface area contributed by atoms with E-state index in [1.54, 1.807) is 6.07 Å². The van der Waals surface area contributed by atoms with E-state index < -0.39 is 0 Å². The topological polar surface area (TPSA) is 61.7 Å². The summed E-state index contributed by atoms with van der Waals surface area (Å²) < 4.78 is 5.69. The van der Waals surface area contributed by atoms with Crippen molar-refractivity contribution in [2.75, 3.05) is 6.61 Å². The van der Waals surface area contributed by atoms with Crippen molar-refractivity contribution in [2.24, 2.45) is 0 Å². The fraction of sp³-hybridized carbons (Fsp3) is 0.125. The number of nitrogens with zero attached hydrogens (tertiary/aromatic N) is 2. The Labute approximate surface area is 115 Å². The highest BCUT2D eigenvalue weighted by atomic mass is 16.5. The predicted octanol–water partition coefficient (Wildman–Crippen LogP) is 2.96. The van der Waals surface area contributed by atoms with Crippen molar-refractivity contribution in [2.45, 2.75) is 5.92 Å². The molecule has 96 valence electrons. The Balaban J connectivity index is 1.82. The first-order valence-electron chi connectivity index (χ1n) is 6.46. The Kier molecular flexibility index (Phi) is 2.27. The number of ether oxygens (including phenoxy) is 1. The minimum Gasteiger partial charge on any atom is -0.492 e. The van der Waals surface area contributed by atoms with Crippen LogP contribution in [-0.2, 0) is 0 Å². The molecule has 0 aliphatic carbocycles. The second kappa shape index (κ2) is 4.10. The number of fused-ring (bicyclic) bond motifs is 2. The monoisotopic (exact) mass is 261 g/mol. The van der Waals surface area contributed by atoms with E-state index in [0.29, 0.717) is 12.2 Å². The zero-order valence-corrected chi connectivity index (χ0v) is 10.6. The second-order valence-corrected chi connectivity index (χ2v) is 4.87. The molecule has 0 saturated heterocycles. The SMILES string of the molecule is N#Cc1ccc2nc(C3COc4ccccc43)[nH]c2c1. The number of benzene rings is 2. The van der Waals surface area contributed by atoms with E-state index >= 15 is 0 Å². The Hall–Kier alpha value is -2.80. The van der Waals surface area contributed by atoms with E-state index in [1.165, 1.54) is 0 Å². The Morgan fingerprint density at radius 2 is 2.15 bits per heavy atom. The van der Waals surface area contributed by atoms with Gasteiger partial charge in [-0.05, 0) is 24.3 Å². The van der Waals surface area contributed by atoms with E-state index in [9.17, 15) is 0 Å². The van der Waals surface area contributed by atoms with Crippen molar-refractivity contribution >= 4 is 11.0 Å². The number of nitriles is 1. The summed E-state index contributed by atoms with van der Waals surface area (Å²) in [5.74, 6) is 1.94. The van der Waals surface area contributed by atoms with Gasteiger partial charge in [0.25, 0.3) is 0 Å². The first-order chi connectivity index (χ1) is 9.85. The van der Waals surface area contributed by atoms with Gasteiger partial charge in [-0.15, -0.1) is 0 Å². The molecule has 2 aromatic carbocycles. The molecular weight excluding hydrogens is 250 g/mol. The molecule has 3 aromatic rings. The van der Waals surface area contributed by atoms with Gasteiger partial charge in [-0.25, -0.2) is 4.98 Å². The van der Waals surface area contributed by atoms with Crippen molar-refractivity contribution in [3.8, 4) is 11.8 Å². The van der Waals surface area contributed by atoms with E-state index in [1.807, 2.05) is 30.3 Å². The molecule has 2 heterocycles. The third-order valence-corrected chi connectivity index (χ3v) is 3.66. The maximum absolute atomic E-state index is 8.94. The molecule has 0 radical (unpaired) electrons. The minimum atomic E-state index is 0.129. The van der Waals surface area contributed by atoms with Gasteiger partial charge in [0.2, 0.25) is 0 Å². The highest BCUT2D eigenvalue weighted by Gasteiger charge is 2.27. The van der Waals surface area contributed by atoms with Crippen LogP contribution in [0.15, 0.2) is 42.5 Å². The van der Waals surface area contributed by atoms with Gasteiger partial charge in [0.05, 0.1) is 28.6 Å². The molecule has 4 nitrogen and oxygen atoms in total. The molecule has 1 unspecified atom stereocenters. The fourth-order valence-corrected chi connectivity index (χ4v) is 2.65. The van der Waals surface area contributed by atoms with Gasteiger partial charge in [0, 0.05) is 5.56 Å². The zero-order chi connectivity index (χ0) is 13.5. The first-order valence-corrected chi connectivity index (χ1v) is 6.46. The number of nitrogens with one attached hydrogen (secondary N) is 1. The number of aromatic amines is 1. The van der Waals surface area contributed by atoms with E-state index in [-0.39, 0.29) is 5.92 Å². The smallest absolute Gasteiger partial charge is 0.123 e. The minimum absolute atomic E-state index is 0.129. The third-order valence-electron chi connectivity index (χ3n) is 3.66. The number of H-pyrrole nitrogens is 1. The van der Waals surface area contributed by atoms with Crippen LogP contribution in [0.1, 0.15) is 22.9 Å². The quantitative estimate of drug-likeness (QED) is 0.732. The molecule has 1 N–H and O–H groups in total. The van der Waals surface area contributed by atoms with Crippen LogP contribution in [0.4, 0.5) is 0 Å². The maximum Gasteiger partial charge on any atom is 0.123 e. The summed E-state index contributed by atoms with van der Waals surface area (Å²) in [6.45, 7) is 0.601. The van der Waals surface area contributed by atoms with Gasteiger partial charge in [0.1, 0.15) is 18.2 Å². The van der Waals surface area contributed by atoms with Crippen molar-refractivity contribution in [1.82, 2.24) is 9.97 Å². The lowest BCUT2D eigenvalue weighted by atomic mass is 10.0. The number of hydrogen-bond donors (Lipinski definition) is 1. The van der Waals surface area contributed by atoms with E-state index in [4.69, 9.17) is 10.00 Å². The summed E-state index contributed by atoms with van der Waals surface area (Å²) in [6.07, 6.45) is 0. The predicted molar refractivity (Wildman–Crippen MR) is 74.6 cm³/mol. The zero-order valence-electron chi connectivity index (χ0n) is 10.6. The molecule has 1 aliphatic heterocycles. The van der Waals surface area contributed by atoms with Crippen LogP contribution in [0.25, 0.3) is 11.0 Å². The molecule has 0 saturated carbocycles. The summed E-state index contributed by atoms with van der Waals surface area (Å²) in [6, 6.07) is 15.7. The largest absolute Gasteiger partial charge is 0.492 e. The average Bonchev–Trinajstić information content (AvgIpc) is 3.09. The summed E-state index contributed by atoms with van der Waals surface area (Å²) in [4.78, 5) is 7.93. The van der Waals surface area contributed by atoms with Crippen LogP contribution >= 0.6 is 0 Å². The van der Waals surface area contributed by atoms with Crippen LogP contribution in [0, 0.1) is 11.3 Å². The Morgan fingerprint density at radius 1 is 1.25 bits per heavy atom. The molecule has 1 aliphatic rings. The molecule has 0 spiro atoms. The van der Waals surface area contributed by atoms with Gasteiger partial charge in [0.15, 0.2) is 0 Å². The van der Waals surface area contributed by atoms with Crippen LogP contribution in [0.5, 0.6) is 5.75 Å². The van der Waals surface area contributed by atoms with Crippen molar-refractivity contribution in [3.05, 3.63) is 59.4 Å². The molecule has 0 amide bonds. The number of imidazole rings is 1. The van der Waals surface area contributed by atoms with Gasteiger partial charge in [-0.3, -0.25) is 0 Å². The average molecular weight is 261 g/mol. The third kappa shape index (κ3) is 1.57. The molecular formula is C16H11N3O. The molecule has 20 heavy (non-hydrogen) atoms. The summed E-state index contributed by atoms with van der Waals surface area (Å²) in [5, 5.41) is 8.94. The lowest BCUT2D eigenvalue weighted by Crippen LogP contribution is -2.04. The second-order valence-electron chi connectivity index (χ2n) is 4.87. The Morgan fingerprint density at radius 3 is 3.05 bits per heavy atom. The van der Waals surface area contributed by atoms with Gasteiger partial charge >= 0.3 is 0 Å². The van der Waals surface area contributed by atoms with E-state index in [0.717, 1.165) is 28.2 Å². The van der Waals surface area contributed by atoms with E-state index in [2.05, 4.69) is 22.1 Å². The highest BCUT2D eigenvalue weighted by Crippen LogP contribution is 2.37.